The van der Waals surface area contributed by atoms with Crippen LogP contribution >= 0.6 is 11.8 Å². The van der Waals surface area contributed by atoms with Gasteiger partial charge in [0.15, 0.2) is 10.9 Å². The van der Waals surface area contributed by atoms with Gasteiger partial charge in [0, 0.05) is 18.7 Å². The van der Waals surface area contributed by atoms with Gasteiger partial charge in [0.25, 0.3) is 0 Å². The summed E-state index contributed by atoms with van der Waals surface area (Å²) in [5.74, 6) is 2.25. The zero-order chi connectivity index (χ0) is 19.1. The first-order valence-corrected chi connectivity index (χ1v) is 10.1. The fourth-order valence-electron chi connectivity index (χ4n) is 2.71. The maximum atomic E-state index is 11.7. The predicted octanol–water partition coefficient (Wildman–Crippen LogP) is 4.23. The third-order valence-corrected chi connectivity index (χ3v) is 5.10. The van der Waals surface area contributed by atoms with Crippen molar-refractivity contribution in [3.05, 3.63) is 48.2 Å². The third-order valence-electron chi connectivity index (χ3n) is 4.08. The molecule has 6 nitrogen and oxygen atoms in total. The number of aryl methyl sites for hydroxylation is 1. The Morgan fingerprint density at radius 2 is 2.07 bits per heavy atom. The van der Waals surface area contributed by atoms with E-state index in [1.54, 1.807) is 18.0 Å². The Morgan fingerprint density at radius 3 is 2.81 bits per heavy atom. The molecule has 0 saturated carbocycles. The highest BCUT2D eigenvalue weighted by Gasteiger charge is 2.19. The van der Waals surface area contributed by atoms with E-state index in [0.717, 1.165) is 41.5 Å². The van der Waals surface area contributed by atoms with E-state index in [0.29, 0.717) is 18.0 Å². The van der Waals surface area contributed by atoms with Gasteiger partial charge >= 0.3 is 0 Å². The van der Waals surface area contributed by atoms with Gasteiger partial charge in [-0.1, -0.05) is 36.9 Å². The van der Waals surface area contributed by atoms with E-state index in [-0.39, 0.29) is 5.91 Å². The van der Waals surface area contributed by atoms with Gasteiger partial charge in [-0.25, -0.2) is 0 Å². The largest absolute Gasteiger partial charge is 0.461 e. The van der Waals surface area contributed by atoms with Crippen molar-refractivity contribution in [1.82, 2.24) is 20.1 Å². The van der Waals surface area contributed by atoms with Crippen molar-refractivity contribution in [3.8, 4) is 17.3 Å². The molecular weight excluding hydrogens is 360 g/mol. The summed E-state index contributed by atoms with van der Waals surface area (Å²) in [6.07, 6.45) is 3.90. The summed E-state index contributed by atoms with van der Waals surface area (Å²) < 4.78 is 7.57. The summed E-state index contributed by atoms with van der Waals surface area (Å²) in [4.78, 5) is 11.7. The van der Waals surface area contributed by atoms with Crippen LogP contribution in [-0.2, 0) is 4.79 Å². The van der Waals surface area contributed by atoms with Crippen LogP contribution in [0.4, 0.5) is 0 Å². The van der Waals surface area contributed by atoms with Crippen LogP contribution in [0.3, 0.4) is 0 Å². The Morgan fingerprint density at radius 1 is 1.22 bits per heavy atom. The highest BCUT2D eigenvalue weighted by molar-refractivity contribution is 7.99. The molecule has 0 spiro atoms. The van der Waals surface area contributed by atoms with Gasteiger partial charge in [0.2, 0.25) is 11.7 Å². The van der Waals surface area contributed by atoms with Gasteiger partial charge in [-0.05, 0) is 43.5 Å². The molecule has 1 aromatic carbocycles. The summed E-state index contributed by atoms with van der Waals surface area (Å²) in [5, 5.41) is 12.4. The average molecular weight is 385 g/mol. The van der Waals surface area contributed by atoms with Gasteiger partial charge < -0.3 is 9.73 Å². The van der Waals surface area contributed by atoms with Crippen LogP contribution in [0.25, 0.3) is 17.3 Å². The van der Waals surface area contributed by atoms with Crippen molar-refractivity contribution in [2.45, 2.75) is 38.3 Å². The number of nitrogens with zero attached hydrogens (tertiary/aromatic N) is 3. The molecule has 2 aromatic heterocycles. The lowest BCUT2D eigenvalue weighted by Gasteiger charge is -2.11. The minimum absolute atomic E-state index is 0.106. The fraction of sp³-hybridized carbons (Fsp3) is 0.350. The van der Waals surface area contributed by atoms with E-state index in [9.17, 15) is 4.79 Å². The number of nitrogens with one attached hydrogen (secondary N) is 1. The second-order valence-corrected chi connectivity index (χ2v) is 7.27. The van der Waals surface area contributed by atoms with Crippen molar-refractivity contribution in [3.63, 3.8) is 0 Å². The number of carbonyl (C=O) groups excluding carboxylic acids is 1. The van der Waals surface area contributed by atoms with Crippen molar-refractivity contribution in [2.75, 3.05) is 12.3 Å². The number of para-hydroxylation sites is 1. The molecule has 0 atom stereocenters. The van der Waals surface area contributed by atoms with Crippen molar-refractivity contribution in [2.24, 2.45) is 0 Å². The van der Waals surface area contributed by atoms with Gasteiger partial charge in [-0.2, -0.15) is 0 Å². The SMILES string of the molecule is CCCNC(=O)CCCSc1nnc(-c2ccco2)n1-c1ccccc1C. The van der Waals surface area contributed by atoms with Crippen LogP contribution in [0.1, 0.15) is 31.7 Å². The van der Waals surface area contributed by atoms with Crippen LogP contribution in [-0.4, -0.2) is 33.0 Å². The first kappa shape index (κ1) is 19.2. The molecule has 0 fully saturated rings. The fourth-order valence-corrected chi connectivity index (χ4v) is 3.59. The second kappa shape index (κ2) is 9.41. The Kier molecular flexibility index (Phi) is 6.70. The minimum Gasteiger partial charge on any atom is -0.461 e. The van der Waals surface area contributed by atoms with E-state index in [1.165, 1.54) is 0 Å². The summed E-state index contributed by atoms with van der Waals surface area (Å²) in [7, 11) is 0. The van der Waals surface area contributed by atoms with Gasteiger partial charge in [0.1, 0.15) is 0 Å². The molecule has 1 N–H and O–H groups in total. The van der Waals surface area contributed by atoms with Crippen LogP contribution in [0.2, 0.25) is 0 Å². The lowest BCUT2D eigenvalue weighted by Crippen LogP contribution is -2.23. The van der Waals surface area contributed by atoms with Crippen molar-refractivity contribution in [1.29, 1.82) is 0 Å². The molecule has 0 bridgehead atoms. The van der Waals surface area contributed by atoms with E-state index >= 15 is 0 Å². The van der Waals surface area contributed by atoms with E-state index in [4.69, 9.17) is 4.42 Å². The summed E-state index contributed by atoms with van der Waals surface area (Å²) >= 11 is 1.60. The number of hydrogen-bond donors (Lipinski definition) is 1. The first-order chi connectivity index (χ1) is 13.2. The molecule has 3 rings (SSSR count). The molecule has 2 heterocycles. The van der Waals surface area contributed by atoms with Crippen molar-refractivity contribution >= 4 is 17.7 Å². The van der Waals surface area contributed by atoms with Gasteiger partial charge in [-0.3, -0.25) is 9.36 Å². The zero-order valence-electron chi connectivity index (χ0n) is 15.6. The second-order valence-electron chi connectivity index (χ2n) is 6.21. The molecular formula is C20H24N4O2S. The standard InChI is InChI=1S/C20H24N4O2S/c1-3-12-21-18(25)11-7-14-27-20-23-22-19(17-10-6-13-26-17)24(20)16-9-5-4-8-15(16)2/h4-6,8-10,13H,3,7,11-12,14H2,1-2H3,(H,21,25). The molecule has 7 heteroatoms. The number of rotatable bonds is 9. The minimum atomic E-state index is 0.106. The summed E-state index contributed by atoms with van der Waals surface area (Å²) in [5.41, 5.74) is 2.16. The molecule has 0 aliphatic heterocycles. The van der Waals surface area contributed by atoms with Crippen LogP contribution in [0, 0.1) is 6.92 Å². The molecule has 0 unspecified atom stereocenters. The molecule has 0 radical (unpaired) electrons. The van der Waals surface area contributed by atoms with Crippen LogP contribution in [0.5, 0.6) is 0 Å². The van der Waals surface area contributed by atoms with E-state index < -0.39 is 0 Å². The first-order valence-electron chi connectivity index (χ1n) is 9.15. The number of amides is 1. The molecule has 1 amide bonds. The zero-order valence-corrected chi connectivity index (χ0v) is 16.5. The smallest absolute Gasteiger partial charge is 0.220 e. The molecule has 142 valence electrons. The van der Waals surface area contributed by atoms with E-state index in [1.807, 2.05) is 41.8 Å². The topological polar surface area (TPSA) is 73.0 Å². The van der Waals surface area contributed by atoms with Crippen LogP contribution in [0.15, 0.2) is 52.2 Å². The lowest BCUT2D eigenvalue weighted by atomic mass is 10.2. The molecule has 27 heavy (non-hydrogen) atoms. The quantitative estimate of drug-likeness (QED) is 0.441. The molecule has 0 aliphatic rings. The number of thioether (sulfide) groups is 1. The van der Waals surface area contributed by atoms with Crippen LogP contribution < -0.4 is 5.32 Å². The number of aromatic nitrogens is 3. The van der Waals surface area contributed by atoms with Gasteiger partial charge in [0.05, 0.1) is 12.0 Å². The monoisotopic (exact) mass is 384 g/mol. The van der Waals surface area contributed by atoms with Gasteiger partial charge in [-0.15, -0.1) is 10.2 Å². The van der Waals surface area contributed by atoms with Crippen molar-refractivity contribution < 1.29 is 9.21 Å². The normalized spacial score (nSPS) is 10.9. The molecule has 0 aliphatic carbocycles. The highest BCUT2D eigenvalue weighted by atomic mass is 32.2. The summed E-state index contributed by atoms with van der Waals surface area (Å²) in [6.45, 7) is 4.85. The Balaban J connectivity index is 1.76. The Bertz CT molecular complexity index is 874. The lowest BCUT2D eigenvalue weighted by molar-refractivity contribution is -0.121. The molecule has 0 saturated heterocycles. The number of furan rings is 1. The number of carbonyl (C=O) groups is 1. The average Bonchev–Trinajstić information content (AvgIpc) is 3.33. The maximum absolute atomic E-state index is 11.7. The highest BCUT2D eigenvalue weighted by Crippen LogP contribution is 2.29. The number of benzene rings is 1. The third kappa shape index (κ3) is 4.80. The number of hydrogen-bond acceptors (Lipinski definition) is 5. The predicted molar refractivity (Wildman–Crippen MR) is 107 cm³/mol. The maximum Gasteiger partial charge on any atom is 0.220 e. The summed E-state index contributed by atoms with van der Waals surface area (Å²) in [6, 6.07) is 11.8. The van der Waals surface area contributed by atoms with E-state index in [2.05, 4.69) is 28.5 Å². The Hall–Kier alpha value is -2.54. The molecule has 3 aromatic rings. The Labute approximate surface area is 163 Å².